The Morgan fingerprint density at radius 1 is 0.275 bits per heavy atom. The maximum absolute atomic E-state index is 10.1. The van der Waals surface area contributed by atoms with E-state index in [1.807, 2.05) is 0 Å². The second kappa shape index (κ2) is 10.8. The van der Waals surface area contributed by atoms with Gasteiger partial charge in [-0.15, -0.1) is 0 Å². The van der Waals surface area contributed by atoms with E-state index in [2.05, 4.69) is 0 Å². The van der Waals surface area contributed by atoms with E-state index in [-0.39, 0.29) is 33.1 Å². The van der Waals surface area contributed by atoms with Crippen molar-refractivity contribution in [1.82, 2.24) is 13.7 Å². The van der Waals surface area contributed by atoms with Crippen LogP contribution in [-0.4, -0.2) is 13.7 Å². The van der Waals surface area contributed by atoms with Gasteiger partial charge in [-0.2, -0.15) is 0 Å². The lowest BCUT2D eigenvalue weighted by Crippen LogP contribution is -1.97. The lowest BCUT2D eigenvalue weighted by molar-refractivity contribution is 1.15. The van der Waals surface area contributed by atoms with Gasteiger partial charge < -0.3 is 13.7 Å². The van der Waals surface area contributed by atoms with Crippen LogP contribution in [0.4, 0.5) is 0 Å². The zero-order chi connectivity index (χ0) is 57.0. The van der Waals surface area contributed by atoms with Crippen LogP contribution in [0, 0.1) is 0 Å². The summed E-state index contributed by atoms with van der Waals surface area (Å²) < 4.78 is 245. The number of hydrogen-bond donors (Lipinski definition) is 0. The molecular weight excluding hydrogens is 619 g/mol. The Hall–Kier alpha value is -6.84. The standard InChI is InChI=1S/C48H31N3/c1-2-12-32(13-3-1)33-22-24-34(25-23-33)49-43-18-8-6-16-39(43)41-28-26-36(31-48(41)49)51-46-21-11-7-17-40(46)42-30-35(27-29-47(42)51)50-44-19-9-4-14-37(44)38-15-5-10-20-45(38)50/h1-31H/i1D,2D,3D,4D,5D,6D,7D,8D,9D,10D,11D,12D,13D,14D,15D,16D,17D,18D,19D,20D,21D,26D,27D,28D,29D,30D,31D. The Labute approximate surface area is 332 Å². The second-order valence-corrected chi connectivity index (χ2v) is 11.3. The van der Waals surface area contributed by atoms with Crippen molar-refractivity contribution < 1.29 is 37.0 Å². The van der Waals surface area contributed by atoms with Crippen LogP contribution < -0.4 is 0 Å². The molecule has 0 bridgehead atoms. The van der Waals surface area contributed by atoms with E-state index < -0.39 is 224 Å². The lowest BCUT2D eigenvalue weighted by atomic mass is 10.1. The fourth-order valence-electron chi connectivity index (χ4n) is 6.53. The van der Waals surface area contributed by atoms with E-state index in [1.165, 1.54) is 24.3 Å². The predicted octanol–water partition coefficient (Wildman–Crippen LogP) is 12.6. The highest BCUT2D eigenvalue weighted by Gasteiger charge is 2.18. The van der Waals surface area contributed by atoms with Crippen LogP contribution >= 0.6 is 0 Å². The molecule has 8 aromatic carbocycles. The van der Waals surface area contributed by atoms with Crippen LogP contribution in [-0.2, 0) is 0 Å². The molecule has 0 aliphatic rings. The molecule has 0 aliphatic heterocycles. The fraction of sp³-hybridized carbons (Fsp3) is 0. The first-order valence-corrected chi connectivity index (χ1v) is 15.3. The molecule has 0 aliphatic carbocycles. The number of benzene rings is 8. The molecule has 3 heteroatoms. The van der Waals surface area contributed by atoms with Gasteiger partial charge in [0.2, 0.25) is 0 Å². The Bertz CT molecular complexity index is 4580. The molecule has 51 heavy (non-hydrogen) atoms. The fourth-order valence-corrected chi connectivity index (χ4v) is 6.53. The van der Waals surface area contributed by atoms with Crippen molar-refractivity contribution in [2.24, 2.45) is 0 Å². The molecule has 238 valence electrons. The zero-order valence-corrected chi connectivity index (χ0v) is 25.7. The van der Waals surface area contributed by atoms with E-state index in [0.717, 1.165) is 13.7 Å². The summed E-state index contributed by atoms with van der Waals surface area (Å²) in [4.78, 5) is 0. The molecule has 0 atom stereocenters. The van der Waals surface area contributed by atoms with Gasteiger partial charge in [0, 0.05) is 49.4 Å². The number of nitrogens with zero attached hydrogens (tertiary/aromatic N) is 3. The maximum atomic E-state index is 10.1. The van der Waals surface area contributed by atoms with Gasteiger partial charge in [0.15, 0.2) is 0 Å². The molecule has 0 amide bonds. The quantitative estimate of drug-likeness (QED) is 0.176. The molecule has 11 aromatic rings. The van der Waals surface area contributed by atoms with Gasteiger partial charge in [-0.3, -0.25) is 0 Å². The average Bonchev–Trinajstić information content (AvgIpc) is 4.16. The molecule has 3 nitrogen and oxygen atoms in total. The zero-order valence-electron chi connectivity index (χ0n) is 52.7. The maximum Gasteiger partial charge on any atom is 0.0667 e. The molecule has 3 aromatic heterocycles. The molecule has 0 fully saturated rings. The van der Waals surface area contributed by atoms with E-state index in [0.29, 0.717) is 0 Å². The summed E-state index contributed by atoms with van der Waals surface area (Å²) in [5, 5.41) is -2.69. The summed E-state index contributed by atoms with van der Waals surface area (Å²) in [6.07, 6.45) is 0. The Kier molecular flexibility index (Phi) is 2.65. The van der Waals surface area contributed by atoms with Crippen molar-refractivity contribution in [2.75, 3.05) is 0 Å². The average molecular weight is 677 g/mol. The molecule has 3 heterocycles. The number of fused-ring (bicyclic) bond motifs is 9. The van der Waals surface area contributed by atoms with Crippen molar-refractivity contribution in [2.45, 2.75) is 0 Å². The molecular formula is C48H31N3. The number of hydrogen-bond acceptors (Lipinski definition) is 0. The highest BCUT2D eigenvalue weighted by atomic mass is 15.0. The first-order chi connectivity index (χ1) is 36.6. The summed E-state index contributed by atoms with van der Waals surface area (Å²) >= 11 is 0. The molecule has 0 N–H and O–H groups in total. The van der Waals surface area contributed by atoms with E-state index in [4.69, 9.17) is 26.0 Å². The number of aromatic nitrogens is 3. The van der Waals surface area contributed by atoms with Crippen molar-refractivity contribution in [3.8, 4) is 28.2 Å². The van der Waals surface area contributed by atoms with Gasteiger partial charge in [0.05, 0.1) is 70.1 Å². The Morgan fingerprint density at radius 2 is 0.686 bits per heavy atom. The normalized spacial score (nSPS) is 19.3. The van der Waals surface area contributed by atoms with Gasteiger partial charge in [-0.05, 0) is 77.6 Å². The lowest BCUT2D eigenvalue weighted by Gasteiger charge is -2.12. The Balaban J connectivity index is 1.33. The monoisotopic (exact) mass is 676 g/mol. The van der Waals surface area contributed by atoms with E-state index >= 15 is 0 Å². The third kappa shape index (κ3) is 4.12. The van der Waals surface area contributed by atoms with Crippen molar-refractivity contribution in [1.29, 1.82) is 0 Å². The van der Waals surface area contributed by atoms with Crippen LogP contribution in [0.2, 0.25) is 0 Å². The SMILES string of the molecule is [2H]c1c([2H])c([2H])c(-c2ccc(-n3c4c([2H])c([2H])c([2H])c([2H])c4c4c([2H])c([2H])c(-n5c6c([2H])c([2H])c([2H])c([2H])c6c6c([2H])c(-n7c8c([2H])c([2H])c([2H])c([2H])c8c8c([2H])c([2H])c([2H])c([2H])c87)c([2H])c([2H])c65)c([2H])c43)cc2)c([2H])c1[2H]. The minimum Gasteiger partial charge on any atom is -0.309 e. The highest BCUT2D eigenvalue weighted by Crippen LogP contribution is 2.39. The summed E-state index contributed by atoms with van der Waals surface area (Å²) in [6, 6.07) is -15.6. The molecule has 0 saturated heterocycles. The van der Waals surface area contributed by atoms with Gasteiger partial charge >= 0.3 is 0 Å². The second-order valence-electron chi connectivity index (χ2n) is 11.3. The molecule has 0 saturated carbocycles. The third-order valence-corrected chi connectivity index (χ3v) is 8.68. The molecule has 0 unspecified atom stereocenters. The largest absolute Gasteiger partial charge is 0.309 e. The van der Waals surface area contributed by atoms with Gasteiger partial charge in [-0.1, -0.05) is 121 Å². The van der Waals surface area contributed by atoms with Crippen molar-refractivity contribution >= 4 is 65.4 Å². The Morgan fingerprint density at radius 3 is 1.25 bits per heavy atom. The topological polar surface area (TPSA) is 14.8 Å². The van der Waals surface area contributed by atoms with Gasteiger partial charge in [-0.25, -0.2) is 0 Å². The summed E-state index contributed by atoms with van der Waals surface area (Å²) in [5.41, 5.74) is -4.54. The minimum atomic E-state index is -0.979. The first kappa shape index (κ1) is 12.5. The minimum absolute atomic E-state index is 0.00621. The van der Waals surface area contributed by atoms with Crippen LogP contribution in [0.1, 0.15) is 37.0 Å². The van der Waals surface area contributed by atoms with Gasteiger partial charge in [0.25, 0.3) is 0 Å². The first-order valence-electron chi connectivity index (χ1n) is 28.8. The molecule has 0 radical (unpaired) electrons. The smallest absolute Gasteiger partial charge is 0.0667 e. The number of rotatable bonds is 4. The summed E-state index contributed by atoms with van der Waals surface area (Å²) in [5.74, 6) is 0. The van der Waals surface area contributed by atoms with Crippen molar-refractivity contribution in [3.63, 3.8) is 0 Å². The third-order valence-electron chi connectivity index (χ3n) is 8.68. The molecule has 11 rings (SSSR count). The van der Waals surface area contributed by atoms with Crippen LogP contribution in [0.5, 0.6) is 0 Å². The predicted molar refractivity (Wildman–Crippen MR) is 215 cm³/mol. The molecule has 0 spiro atoms. The van der Waals surface area contributed by atoms with Gasteiger partial charge in [0.1, 0.15) is 0 Å². The van der Waals surface area contributed by atoms with Crippen LogP contribution in [0.3, 0.4) is 0 Å². The van der Waals surface area contributed by atoms with Crippen molar-refractivity contribution in [3.05, 3.63) is 187 Å². The summed E-state index contributed by atoms with van der Waals surface area (Å²) in [6.45, 7) is 0. The van der Waals surface area contributed by atoms with Crippen LogP contribution in [0.25, 0.3) is 93.6 Å². The number of para-hydroxylation sites is 4. The van der Waals surface area contributed by atoms with E-state index in [9.17, 15) is 11.0 Å². The summed E-state index contributed by atoms with van der Waals surface area (Å²) in [7, 11) is 0. The highest BCUT2D eigenvalue weighted by molar-refractivity contribution is 6.13. The van der Waals surface area contributed by atoms with E-state index in [1.54, 1.807) is 0 Å². The van der Waals surface area contributed by atoms with Crippen LogP contribution in [0.15, 0.2) is 187 Å².